The third-order valence-corrected chi connectivity index (χ3v) is 4.78. The highest BCUT2D eigenvalue weighted by Crippen LogP contribution is 2.27. The standard InChI is InChI=1S/C19H23N3O3/c1-25-19(24)15-16(20)18(23)22(12-13-8-4-2-5-9-13)21-17(15)14-10-6-3-7-11-14/h3,6-7,10-11,13H,2,4-5,8-9,12,20H2,1H3. The van der Waals surface area contributed by atoms with E-state index in [1.165, 1.54) is 31.1 Å². The number of benzene rings is 1. The zero-order valence-corrected chi connectivity index (χ0v) is 14.4. The topological polar surface area (TPSA) is 87.2 Å². The SMILES string of the molecule is COC(=O)c1c(-c2ccccc2)nn(CC2CCCCC2)c(=O)c1N. The Morgan fingerprint density at radius 2 is 1.92 bits per heavy atom. The van der Waals surface area contributed by atoms with E-state index >= 15 is 0 Å². The number of carbonyl (C=O) groups is 1. The summed E-state index contributed by atoms with van der Waals surface area (Å²) in [5, 5.41) is 4.49. The van der Waals surface area contributed by atoms with Crippen LogP contribution in [0.5, 0.6) is 0 Å². The van der Waals surface area contributed by atoms with Crippen LogP contribution in [0.1, 0.15) is 42.5 Å². The van der Waals surface area contributed by atoms with Crippen molar-refractivity contribution >= 4 is 11.7 Å². The van der Waals surface area contributed by atoms with Gasteiger partial charge in [0.2, 0.25) is 0 Å². The van der Waals surface area contributed by atoms with E-state index in [0.717, 1.165) is 18.4 Å². The van der Waals surface area contributed by atoms with Gasteiger partial charge in [0, 0.05) is 12.1 Å². The highest BCUT2D eigenvalue weighted by molar-refractivity contribution is 6.00. The highest BCUT2D eigenvalue weighted by Gasteiger charge is 2.24. The Morgan fingerprint density at radius 1 is 1.24 bits per heavy atom. The first-order chi connectivity index (χ1) is 12.1. The third kappa shape index (κ3) is 3.57. The van der Waals surface area contributed by atoms with Gasteiger partial charge in [0.15, 0.2) is 0 Å². The van der Waals surface area contributed by atoms with Crippen LogP contribution in [0, 0.1) is 5.92 Å². The minimum atomic E-state index is -0.647. The molecular formula is C19H23N3O3. The minimum absolute atomic E-state index is 0.0404. The summed E-state index contributed by atoms with van der Waals surface area (Å²) in [5.41, 5.74) is 6.66. The predicted molar refractivity (Wildman–Crippen MR) is 96.3 cm³/mol. The van der Waals surface area contributed by atoms with Crippen molar-refractivity contribution in [1.82, 2.24) is 9.78 Å². The van der Waals surface area contributed by atoms with Crippen LogP contribution in [0.15, 0.2) is 35.1 Å². The fourth-order valence-corrected chi connectivity index (χ4v) is 3.43. The molecular weight excluding hydrogens is 318 g/mol. The van der Waals surface area contributed by atoms with Gasteiger partial charge < -0.3 is 10.5 Å². The molecule has 1 aliphatic rings. The number of ether oxygens (including phenoxy) is 1. The van der Waals surface area contributed by atoms with Gasteiger partial charge in [0.1, 0.15) is 16.9 Å². The van der Waals surface area contributed by atoms with Gasteiger partial charge in [-0.05, 0) is 18.8 Å². The Morgan fingerprint density at radius 3 is 2.56 bits per heavy atom. The molecule has 1 fully saturated rings. The van der Waals surface area contributed by atoms with E-state index in [1.807, 2.05) is 30.3 Å². The van der Waals surface area contributed by atoms with Crippen LogP contribution >= 0.6 is 0 Å². The molecule has 0 atom stereocenters. The molecule has 6 nitrogen and oxygen atoms in total. The molecule has 1 saturated carbocycles. The summed E-state index contributed by atoms with van der Waals surface area (Å²) < 4.78 is 6.23. The molecule has 1 aliphatic carbocycles. The summed E-state index contributed by atoms with van der Waals surface area (Å²) in [6, 6.07) is 9.26. The monoisotopic (exact) mass is 341 g/mol. The summed E-state index contributed by atoms with van der Waals surface area (Å²) in [7, 11) is 1.27. The summed E-state index contributed by atoms with van der Waals surface area (Å²) in [6.07, 6.45) is 5.79. The molecule has 0 bridgehead atoms. The van der Waals surface area contributed by atoms with Crippen LogP contribution in [-0.2, 0) is 11.3 Å². The molecule has 0 spiro atoms. The van der Waals surface area contributed by atoms with Crippen molar-refractivity contribution in [3.63, 3.8) is 0 Å². The summed E-state index contributed by atoms with van der Waals surface area (Å²) in [6.45, 7) is 0.532. The number of methoxy groups -OCH3 is 1. The maximum atomic E-state index is 12.6. The molecule has 1 heterocycles. The Labute approximate surface area is 146 Å². The fourth-order valence-electron chi connectivity index (χ4n) is 3.43. The summed E-state index contributed by atoms with van der Waals surface area (Å²) in [4.78, 5) is 24.8. The smallest absolute Gasteiger partial charge is 0.342 e. The molecule has 2 N–H and O–H groups in total. The molecule has 0 unspecified atom stereocenters. The maximum absolute atomic E-state index is 12.6. The molecule has 6 heteroatoms. The van der Waals surface area contributed by atoms with Gasteiger partial charge in [-0.3, -0.25) is 4.79 Å². The van der Waals surface area contributed by atoms with E-state index in [1.54, 1.807) is 0 Å². The average molecular weight is 341 g/mol. The Kier molecular flexibility index (Phi) is 5.16. The second-order valence-electron chi connectivity index (χ2n) is 6.49. The van der Waals surface area contributed by atoms with E-state index in [9.17, 15) is 9.59 Å². The van der Waals surface area contributed by atoms with E-state index in [2.05, 4.69) is 5.10 Å². The number of esters is 1. The van der Waals surface area contributed by atoms with Crippen LogP contribution in [0.3, 0.4) is 0 Å². The van der Waals surface area contributed by atoms with Gasteiger partial charge >= 0.3 is 5.97 Å². The lowest BCUT2D eigenvalue weighted by Crippen LogP contribution is -2.32. The molecule has 1 aromatic carbocycles. The van der Waals surface area contributed by atoms with Crippen molar-refractivity contribution in [2.24, 2.45) is 5.92 Å². The molecule has 0 radical (unpaired) electrons. The Balaban J connectivity index is 2.10. The average Bonchev–Trinajstić information content (AvgIpc) is 2.66. The van der Waals surface area contributed by atoms with Crippen LogP contribution in [0.4, 0.5) is 5.69 Å². The summed E-state index contributed by atoms with van der Waals surface area (Å²) >= 11 is 0. The molecule has 2 aromatic rings. The van der Waals surface area contributed by atoms with E-state index < -0.39 is 11.5 Å². The van der Waals surface area contributed by atoms with Crippen LogP contribution in [-0.4, -0.2) is 22.9 Å². The van der Waals surface area contributed by atoms with Crippen LogP contribution in [0.25, 0.3) is 11.3 Å². The number of hydrogen-bond donors (Lipinski definition) is 1. The van der Waals surface area contributed by atoms with Gasteiger partial charge in [0.05, 0.1) is 7.11 Å². The maximum Gasteiger partial charge on any atom is 0.342 e. The first kappa shape index (κ1) is 17.2. The lowest BCUT2D eigenvalue weighted by Gasteiger charge is -2.22. The molecule has 25 heavy (non-hydrogen) atoms. The first-order valence-electron chi connectivity index (χ1n) is 8.66. The number of anilines is 1. The third-order valence-electron chi connectivity index (χ3n) is 4.78. The Bertz CT molecular complexity index is 809. The number of carbonyl (C=O) groups excluding carboxylic acids is 1. The molecule has 1 aromatic heterocycles. The van der Waals surface area contributed by atoms with Gasteiger partial charge in [0.25, 0.3) is 5.56 Å². The van der Waals surface area contributed by atoms with Crippen LogP contribution < -0.4 is 11.3 Å². The molecule has 3 rings (SSSR count). The predicted octanol–water partition coefficient (Wildman–Crippen LogP) is 2.86. The number of nitrogens with zero attached hydrogens (tertiary/aromatic N) is 2. The van der Waals surface area contributed by atoms with Crippen molar-refractivity contribution in [2.75, 3.05) is 12.8 Å². The molecule has 0 amide bonds. The van der Waals surface area contributed by atoms with Crippen molar-refractivity contribution in [1.29, 1.82) is 0 Å². The number of aromatic nitrogens is 2. The van der Waals surface area contributed by atoms with Gasteiger partial charge in [-0.2, -0.15) is 5.10 Å². The van der Waals surface area contributed by atoms with Crippen molar-refractivity contribution in [3.8, 4) is 11.3 Å². The van der Waals surface area contributed by atoms with Crippen LogP contribution in [0.2, 0.25) is 0 Å². The lowest BCUT2D eigenvalue weighted by molar-refractivity contribution is 0.0602. The summed E-state index contributed by atoms with van der Waals surface area (Å²) in [5.74, 6) is -0.225. The molecule has 132 valence electrons. The Hall–Kier alpha value is -2.63. The normalized spacial score (nSPS) is 15.1. The van der Waals surface area contributed by atoms with Crippen molar-refractivity contribution in [3.05, 3.63) is 46.2 Å². The number of rotatable bonds is 4. The van der Waals surface area contributed by atoms with Crippen molar-refractivity contribution < 1.29 is 9.53 Å². The minimum Gasteiger partial charge on any atom is -0.465 e. The zero-order valence-electron chi connectivity index (χ0n) is 14.4. The zero-order chi connectivity index (χ0) is 17.8. The van der Waals surface area contributed by atoms with Gasteiger partial charge in [-0.1, -0.05) is 49.6 Å². The lowest BCUT2D eigenvalue weighted by atomic mass is 9.89. The van der Waals surface area contributed by atoms with E-state index in [0.29, 0.717) is 18.2 Å². The molecule has 0 aliphatic heterocycles. The van der Waals surface area contributed by atoms with Crippen molar-refractivity contribution in [2.45, 2.75) is 38.6 Å². The van der Waals surface area contributed by atoms with Gasteiger partial charge in [-0.25, -0.2) is 9.48 Å². The second-order valence-corrected chi connectivity index (χ2v) is 6.49. The fraction of sp³-hybridized carbons (Fsp3) is 0.421. The quantitative estimate of drug-likeness (QED) is 0.864. The number of nitrogen functional groups attached to an aromatic ring is 1. The molecule has 0 saturated heterocycles. The van der Waals surface area contributed by atoms with E-state index in [4.69, 9.17) is 10.5 Å². The van der Waals surface area contributed by atoms with E-state index in [-0.39, 0.29) is 11.3 Å². The van der Waals surface area contributed by atoms with Gasteiger partial charge in [-0.15, -0.1) is 0 Å². The second kappa shape index (κ2) is 7.51. The largest absolute Gasteiger partial charge is 0.465 e. The number of nitrogens with two attached hydrogens (primary N) is 1. The highest BCUT2D eigenvalue weighted by atomic mass is 16.5. The number of hydrogen-bond acceptors (Lipinski definition) is 5. The first-order valence-corrected chi connectivity index (χ1v) is 8.66.